The van der Waals surface area contributed by atoms with E-state index in [1.54, 1.807) is 0 Å². The standard InChI is InChI=1S/C21H19N/c1-2-22-20-11-7-6-10-18(20)19-15-17(12-13-21(19)22)14-16-8-4-3-5-9-16/h3-13,15H,2,14H2,1H3. The highest BCUT2D eigenvalue weighted by Crippen LogP contribution is 2.30. The topological polar surface area (TPSA) is 4.93 Å². The van der Waals surface area contributed by atoms with Crippen molar-refractivity contribution in [2.45, 2.75) is 19.9 Å². The van der Waals surface area contributed by atoms with E-state index < -0.39 is 0 Å². The van der Waals surface area contributed by atoms with E-state index in [9.17, 15) is 0 Å². The third-order valence-electron chi connectivity index (χ3n) is 4.40. The van der Waals surface area contributed by atoms with Crippen molar-refractivity contribution in [1.29, 1.82) is 0 Å². The van der Waals surface area contributed by atoms with E-state index >= 15 is 0 Å². The Morgan fingerprint density at radius 2 is 1.41 bits per heavy atom. The van der Waals surface area contributed by atoms with Crippen LogP contribution in [-0.2, 0) is 13.0 Å². The number of benzene rings is 3. The van der Waals surface area contributed by atoms with Crippen LogP contribution in [0.5, 0.6) is 0 Å². The maximum absolute atomic E-state index is 2.40. The number of para-hydroxylation sites is 1. The Hall–Kier alpha value is -2.54. The summed E-state index contributed by atoms with van der Waals surface area (Å²) in [7, 11) is 0. The quantitative estimate of drug-likeness (QED) is 0.474. The Bertz CT molecular complexity index is 932. The van der Waals surface area contributed by atoms with Gasteiger partial charge in [0.05, 0.1) is 0 Å². The lowest BCUT2D eigenvalue weighted by Crippen LogP contribution is -1.93. The molecule has 108 valence electrons. The number of aromatic nitrogens is 1. The Morgan fingerprint density at radius 3 is 2.23 bits per heavy atom. The molecule has 0 bridgehead atoms. The maximum Gasteiger partial charge on any atom is 0.0491 e. The van der Waals surface area contributed by atoms with E-state index in [2.05, 4.69) is 84.3 Å². The van der Waals surface area contributed by atoms with Crippen LogP contribution in [-0.4, -0.2) is 4.57 Å². The first-order valence-electron chi connectivity index (χ1n) is 7.90. The third kappa shape index (κ3) is 2.10. The molecule has 0 amide bonds. The summed E-state index contributed by atoms with van der Waals surface area (Å²) in [6.45, 7) is 3.21. The number of hydrogen-bond acceptors (Lipinski definition) is 0. The highest BCUT2D eigenvalue weighted by atomic mass is 15.0. The van der Waals surface area contributed by atoms with E-state index in [4.69, 9.17) is 0 Å². The summed E-state index contributed by atoms with van der Waals surface area (Å²) in [5.41, 5.74) is 5.40. The van der Waals surface area contributed by atoms with Crippen LogP contribution in [0.4, 0.5) is 0 Å². The molecular weight excluding hydrogens is 266 g/mol. The van der Waals surface area contributed by atoms with E-state index in [0.29, 0.717) is 0 Å². The van der Waals surface area contributed by atoms with Crippen LogP contribution >= 0.6 is 0 Å². The number of nitrogens with zero attached hydrogens (tertiary/aromatic N) is 1. The van der Waals surface area contributed by atoms with Gasteiger partial charge in [0.1, 0.15) is 0 Å². The van der Waals surface area contributed by atoms with Crippen molar-refractivity contribution >= 4 is 21.8 Å². The predicted molar refractivity (Wildman–Crippen MR) is 94.4 cm³/mol. The van der Waals surface area contributed by atoms with Crippen LogP contribution in [0.15, 0.2) is 72.8 Å². The summed E-state index contributed by atoms with van der Waals surface area (Å²) in [5.74, 6) is 0. The number of hydrogen-bond donors (Lipinski definition) is 0. The largest absolute Gasteiger partial charge is 0.341 e. The Labute approximate surface area is 130 Å². The third-order valence-corrected chi connectivity index (χ3v) is 4.40. The van der Waals surface area contributed by atoms with Crippen molar-refractivity contribution < 1.29 is 0 Å². The van der Waals surface area contributed by atoms with Gasteiger partial charge in [0, 0.05) is 28.4 Å². The molecule has 0 aliphatic heterocycles. The van der Waals surface area contributed by atoms with Gasteiger partial charge in [0.2, 0.25) is 0 Å². The molecule has 0 aliphatic carbocycles. The normalized spacial score (nSPS) is 11.3. The molecule has 1 nitrogen and oxygen atoms in total. The van der Waals surface area contributed by atoms with Crippen LogP contribution in [0, 0.1) is 0 Å². The average Bonchev–Trinajstić information content (AvgIpc) is 2.89. The van der Waals surface area contributed by atoms with Crippen molar-refractivity contribution in [3.8, 4) is 0 Å². The molecule has 1 heterocycles. The molecule has 3 aromatic carbocycles. The fourth-order valence-electron chi connectivity index (χ4n) is 3.38. The van der Waals surface area contributed by atoms with Crippen molar-refractivity contribution in [3.05, 3.63) is 83.9 Å². The van der Waals surface area contributed by atoms with E-state index in [1.165, 1.54) is 32.9 Å². The molecule has 22 heavy (non-hydrogen) atoms. The van der Waals surface area contributed by atoms with Gasteiger partial charge in [0.25, 0.3) is 0 Å². The van der Waals surface area contributed by atoms with Crippen LogP contribution < -0.4 is 0 Å². The van der Waals surface area contributed by atoms with Crippen molar-refractivity contribution in [2.24, 2.45) is 0 Å². The zero-order valence-corrected chi connectivity index (χ0v) is 12.8. The number of fused-ring (bicyclic) bond motifs is 3. The molecule has 1 heteroatoms. The molecule has 0 fully saturated rings. The van der Waals surface area contributed by atoms with E-state index in [0.717, 1.165) is 13.0 Å². The van der Waals surface area contributed by atoms with Crippen LogP contribution in [0.25, 0.3) is 21.8 Å². The molecule has 4 aromatic rings. The van der Waals surface area contributed by atoms with Gasteiger partial charge in [-0.2, -0.15) is 0 Å². The lowest BCUT2D eigenvalue weighted by Gasteiger charge is -2.05. The second kappa shape index (κ2) is 5.34. The number of rotatable bonds is 3. The number of aryl methyl sites for hydroxylation is 1. The molecule has 4 rings (SSSR count). The lowest BCUT2D eigenvalue weighted by molar-refractivity contribution is 0.827. The summed E-state index contributed by atoms with van der Waals surface area (Å²) in [6, 6.07) is 26.3. The van der Waals surface area contributed by atoms with Crippen LogP contribution in [0.3, 0.4) is 0 Å². The minimum absolute atomic E-state index is 0.989. The second-order valence-corrected chi connectivity index (χ2v) is 5.78. The SMILES string of the molecule is CCn1c2ccccc2c2cc(Cc3ccccc3)ccc21. The van der Waals surface area contributed by atoms with E-state index in [-0.39, 0.29) is 0 Å². The molecule has 0 saturated carbocycles. The van der Waals surface area contributed by atoms with Gasteiger partial charge in [-0.05, 0) is 42.7 Å². The molecule has 0 atom stereocenters. The first kappa shape index (κ1) is 13.1. The van der Waals surface area contributed by atoms with Gasteiger partial charge in [-0.3, -0.25) is 0 Å². The van der Waals surface area contributed by atoms with Crippen molar-refractivity contribution in [2.75, 3.05) is 0 Å². The molecule has 0 spiro atoms. The molecular formula is C21H19N. The van der Waals surface area contributed by atoms with Gasteiger partial charge in [-0.15, -0.1) is 0 Å². The Balaban J connectivity index is 1.88. The fourth-order valence-corrected chi connectivity index (χ4v) is 3.38. The van der Waals surface area contributed by atoms with Crippen LogP contribution in [0.1, 0.15) is 18.1 Å². The highest BCUT2D eigenvalue weighted by molar-refractivity contribution is 6.08. The van der Waals surface area contributed by atoms with E-state index in [1.807, 2.05) is 0 Å². The molecule has 0 unspecified atom stereocenters. The van der Waals surface area contributed by atoms with Gasteiger partial charge >= 0.3 is 0 Å². The molecule has 0 N–H and O–H groups in total. The fraction of sp³-hybridized carbons (Fsp3) is 0.143. The summed E-state index contributed by atoms with van der Waals surface area (Å²) in [6.07, 6.45) is 0.989. The average molecular weight is 285 g/mol. The minimum atomic E-state index is 0.989. The Kier molecular flexibility index (Phi) is 3.19. The summed E-state index contributed by atoms with van der Waals surface area (Å²) in [5, 5.41) is 2.72. The smallest absolute Gasteiger partial charge is 0.0491 e. The lowest BCUT2D eigenvalue weighted by atomic mass is 10.0. The maximum atomic E-state index is 2.40. The second-order valence-electron chi connectivity index (χ2n) is 5.78. The Morgan fingerprint density at radius 1 is 0.682 bits per heavy atom. The van der Waals surface area contributed by atoms with Gasteiger partial charge in [-0.25, -0.2) is 0 Å². The zero-order chi connectivity index (χ0) is 14.9. The van der Waals surface area contributed by atoms with Gasteiger partial charge in [0.15, 0.2) is 0 Å². The molecule has 0 saturated heterocycles. The summed E-state index contributed by atoms with van der Waals surface area (Å²) >= 11 is 0. The summed E-state index contributed by atoms with van der Waals surface area (Å²) in [4.78, 5) is 0. The van der Waals surface area contributed by atoms with Crippen LogP contribution in [0.2, 0.25) is 0 Å². The monoisotopic (exact) mass is 285 g/mol. The minimum Gasteiger partial charge on any atom is -0.341 e. The van der Waals surface area contributed by atoms with Crippen molar-refractivity contribution in [3.63, 3.8) is 0 Å². The highest BCUT2D eigenvalue weighted by Gasteiger charge is 2.09. The molecule has 1 aromatic heterocycles. The summed E-state index contributed by atoms with van der Waals surface area (Å²) < 4.78 is 2.40. The molecule has 0 aliphatic rings. The van der Waals surface area contributed by atoms with Gasteiger partial charge < -0.3 is 4.57 Å². The first-order valence-corrected chi connectivity index (χ1v) is 7.90. The first-order chi connectivity index (χ1) is 10.9. The molecule has 0 radical (unpaired) electrons. The van der Waals surface area contributed by atoms with Gasteiger partial charge in [-0.1, -0.05) is 54.6 Å². The zero-order valence-electron chi connectivity index (χ0n) is 12.8. The van der Waals surface area contributed by atoms with Crippen molar-refractivity contribution in [1.82, 2.24) is 4.57 Å². The predicted octanol–water partition coefficient (Wildman–Crippen LogP) is 5.41.